The maximum Gasteiger partial charge on any atom is 0.231 e. The van der Waals surface area contributed by atoms with Crippen molar-refractivity contribution in [1.82, 2.24) is 5.32 Å². The maximum atomic E-state index is 10.8. The molecule has 0 radical (unpaired) electrons. The molecule has 1 aliphatic heterocycles. The zero-order valence-corrected chi connectivity index (χ0v) is 7.42. The van der Waals surface area contributed by atoms with Crippen LogP contribution in [-0.4, -0.2) is 16.5 Å². The number of hydrogen-bond donors (Lipinski definition) is 1. The zero-order valence-electron chi connectivity index (χ0n) is 6.60. The predicted octanol–water partition coefficient (Wildman–Crippen LogP) is 1.22. The lowest BCUT2D eigenvalue weighted by atomic mass is 10.1. The third-order valence-electron chi connectivity index (χ3n) is 1.99. The molecule has 1 rings (SSSR count). The van der Waals surface area contributed by atoms with E-state index in [1.807, 2.05) is 0 Å². The fourth-order valence-electron chi connectivity index (χ4n) is 0.875. The Balaban J connectivity index is 2.63. The normalized spacial score (nSPS) is 33.0. The van der Waals surface area contributed by atoms with Crippen molar-refractivity contribution in [1.29, 1.82) is 0 Å². The van der Waals surface area contributed by atoms with Gasteiger partial charge in [-0.3, -0.25) is 4.79 Å². The topological polar surface area (TPSA) is 29.1 Å². The largest absolute Gasteiger partial charge is 0.341 e. The molecule has 1 saturated heterocycles. The van der Waals surface area contributed by atoms with Gasteiger partial charge in [0.25, 0.3) is 0 Å². The molecule has 0 spiro atoms. The van der Waals surface area contributed by atoms with Gasteiger partial charge in [-0.25, -0.2) is 0 Å². The second kappa shape index (κ2) is 2.46. The van der Waals surface area contributed by atoms with Crippen molar-refractivity contribution in [2.75, 3.05) is 5.75 Å². The highest BCUT2D eigenvalue weighted by Crippen LogP contribution is 2.33. The summed E-state index contributed by atoms with van der Waals surface area (Å²) in [5.41, 5.74) is 0. The lowest BCUT2D eigenvalue weighted by molar-refractivity contribution is -0.118. The molecule has 1 fully saturated rings. The van der Waals surface area contributed by atoms with Crippen molar-refractivity contribution < 1.29 is 4.79 Å². The Morgan fingerprint density at radius 1 is 1.70 bits per heavy atom. The Bertz CT molecular complexity index is 158. The molecular weight excluding hydrogens is 146 g/mol. The molecule has 1 atom stereocenters. The van der Waals surface area contributed by atoms with Gasteiger partial charge in [0.15, 0.2) is 0 Å². The summed E-state index contributed by atoms with van der Waals surface area (Å²) in [5, 5.41) is 2.95. The Morgan fingerprint density at radius 3 is 2.50 bits per heavy atom. The standard InChI is InChI=1S/C7H13NOS/c1-5(2)7(3)8-6(9)4-10-7/h5H,4H2,1-3H3,(H,8,9)/t7-/m1/s1. The summed E-state index contributed by atoms with van der Waals surface area (Å²) in [6, 6.07) is 0. The van der Waals surface area contributed by atoms with E-state index in [-0.39, 0.29) is 10.8 Å². The number of carbonyl (C=O) groups excluding carboxylic acids is 1. The molecule has 1 heterocycles. The first-order valence-corrected chi connectivity index (χ1v) is 4.48. The minimum absolute atomic E-state index is 0.0168. The molecule has 0 bridgehead atoms. The molecule has 0 aromatic carbocycles. The fourth-order valence-corrected chi connectivity index (χ4v) is 1.90. The number of nitrogens with one attached hydrogen (secondary N) is 1. The molecule has 0 aliphatic carbocycles. The third kappa shape index (κ3) is 1.29. The summed E-state index contributed by atoms with van der Waals surface area (Å²) < 4.78 is 0. The number of hydrogen-bond acceptors (Lipinski definition) is 2. The number of rotatable bonds is 1. The van der Waals surface area contributed by atoms with Gasteiger partial charge < -0.3 is 5.32 Å². The van der Waals surface area contributed by atoms with E-state index in [0.29, 0.717) is 11.7 Å². The summed E-state index contributed by atoms with van der Waals surface area (Å²) >= 11 is 1.70. The summed E-state index contributed by atoms with van der Waals surface area (Å²) in [6.45, 7) is 6.32. The first-order chi connectivity index (χ1) is 4.54. The molecule has 10 heavy (non-hydrogen) atoms. The fraction of sp³-hybridized carbons (Fsp3) is 0.857. The van der Waals surface area contributed by atoms with Gasteiger partial charge in [0.2, 0.25) is 5.91 Å². The van der Waals surface area contributed by atoms with Gasteiger partial charge in [0, 0.05) is 0 Å². The molecule has 0 aromatic heterocycles. The van der Waals surface area contributed by atoms with Crippen molar-refractivity contribution in [2.24, 2.45) is 5.92 Å². The van der Waals surface area contributed by atoms with E-state index in [1.54, 1.807) is 11.8 Å². The van der Waals surface area contributed by atoms with Crippen LogP contribution in [0.5, 0.6) is 0 Å². The van der Waals surface area contributed by atoms with Crippen LogP contribution in [0.15, 0.2) is 0 Å². The molecule has 0 saturated carbocycles. The Morgan fingerprint density at radius 2 is 2.30 bits per heavy atom. The van der Waals surface area contributed by atoms with Crippen LogP contribution in [0.4, 0.5) is 0 Å². The van der Waals surface area contributed by atoms with Gasteiger partial charge in [-0.1, -0.05) is 13.8 Å². The summed E-state index contributed by atoms with van der Waals surface area (Å²) in [6.07, 6.45) is 0. The SMILES string of the molecule is CC(C)[C@]1(C)NC(=O)CS1. The summed E-state index contributed by atoms with van der Waals surface area (Å²) in [7, 11) is 0. The van der Waals surface area contributed by atoms with Crippen molar-refractivity contribution in [2.45, 2.75) is 25.6 Å². The van der Waals surface area contributed by atoms with Crippen LogP contribution in [0.3, 0.4) is 0 Å². The smallest absolute Gasteiger partial charge is 0.231 e. The highest BCUT2D eigenvalue weighted by atomic mass is 32.2. The van der Waals surface area contributed by atoms with Gasteiger partial charge in [-0.05, 0) is 12.8 Å². The molecule has 58 valence electrons. The first kappa shape index (κ1) is 7.92. The number of thioether (sulfide) groups is 1. The van der Waals surface area contributed by atoms with Crippen molar-refractivity contribution in [3.8, 4) is 0 Å². The predicted molar refractivity (Wildman–Crippen MR) is 43.8 cm³/mol. The van der Waals surface area contributed by atoms with E-state index in [4.69, 9.17) is 0 Å². The van der Waals surface area contributed by atoms with Crippen LogP contribution in [0, 0.1) is 5.92 Å². The highest BCUT2D eigenvalue weighted by molar-refractivity contribution is 8.01. The van der Waals surface area contributed by atoms with Crippen LogP contribution < -0.4 is 5.32 Å². The van der Waals surface area contributed by atoms with Crippen molar-refractivity contribution in [3.63, 3.8) is 0 Å². The Hall–Kier alpha value is -0.180. The summed E-state index contributed by atoms with van der Waals surface area (Å²) in [5.74, 6) is 1.29. The van der Waals surface area contributed by atoms with E-state index < -0.39 is 0 Å². The molecule has 1 amide bonds. The molecule has 0 aromatic rings. The van der Waals surface area contributed by atoms with E-state index >= 15 is 0 Å². The van der Waals surface area contributed by atoms with Crippen molar-refractivity contribution in [3.05, 3.63) is 0 Å². The third-order valence-corrected chi connectivity index (χ3v) is 3.57. The minimum atomic E-state index is -0.0168. The Labute approximate surface area is 65.8 Å². The van der Waals surface area contributed by atoms with Gasteiger partial charge in [-0.2, -0.15) is 0 Å². The average molecular weight is 159 g/mol. The Kier molecular flexibility index (Phi) is 1.95. The zero-order chi connectivity index (χ0) is 7.78. The van der Waals surface area contributed by atoms with Gasteiger partial charge in [0.1, 0.15) is 0 Å². The maximum absolute atomic E-state index is 10.8. The van der Waals surface area contributed by atoms with Gasteiger partial charge >= 0.3 is 0 Å². The molecule has 0 unspecified atom stereocenters. The van der Waals surface area contributed by atoms with Crippen LogP contribution in [0.25, 0.3) is 0 Å². The first-order valence-electron chi connectivity index (χ1n) is 3.49. The highest BCUT2D eigenvalue weighted by Gasteiger charge is 2.36. The molecular formula is C7H13NOS. The summed E-state index contributed by atoms with van der Waals surface area (Å²) in [4.78, 5) is 10.8. The lowest BCUT2D eigenvalue weighted by Gasteiger charge is -2.27. The molecule has 3 heteroatoms. The average Bonchev–Trinajstić information content (AvgIpc) is 2.13. The quantitative estimate of drug-likeness (QED) is 0.623. The van der Waals surface area contributed by atoms with Crippen LogP contribution >= 0.6 is 11.8 Å². The van der Waals surface area contributed by atoms with Crippen LogP contribution in [-0.2, 0) is 4.79 Å². The van der Waals surface area contributed by atoms with E-state index in [2.05, 4.69) is 26.1 Å². The van der Waals surface area contributed by atoms with Crippen LogP contribution in [0.1, 0.15) is 20.8 Å². The lowest BCUT2D eigenvalue weighted by Crippen LogP contribution is -2.41. The molecule has 1 N–H and O–H groups in total. The minimum Gasteiger partial charge on any atom is -0.341 e. The van der Waals surface area contributed by atoms with Gasteiger partial charge in [-0.15, -0.1) is 11.8 Å². The van der Waals surface area contributed by atoms with E-state index in [1.165, 1.54) is 0 Å². The van der Waals surface area contributed by atoms with Gasteiger partial charge in [0.05, 0.1) is 10.6 Å². The van der Waals surface area contributed by atoms with Crippen molar-refractivity contribution >= 4 is 17.7 Å². The van der Waals surface area contributed by atoms with E-state index in [9.17, 15) is 4.79 Å². The second-order valence-electron chi connectivity index (χ2n) is 3.10. The number of carbonyl (C=O) groups is 1. The van der Waals surface area contributed by atoms with E-state index in [0.717, 1.165) is 0 Å². The second-order valence-corrected chi connectivity index (χ2v) is 4.52. The van der Waals surface area contributed by atoms with Crippen LogP contribution in [0.2, 0.25) is 0 Å². The molecule has 2 nitrogen and oxygen atoms in total. The number of amides is 1. The monoisotopic (exact) mass is 159 g/mol. The molecule has 1 aliphatic rings.